The Kier molecular flexibility index (Phi) is 4.61. The van der Waals surface area contributed by atoms with E-state index in [1.165, 1.54) is 6.07 Å². The topological polar surface area (TPSA) is 38.5 Å². The van der Waals surface area contributed by atoms with Crippen LogP contribution in [0.1, 0.15) is 20.8 Å². The Labute approximate surface area is 102 Å². The van der Waals surface area contributed by atoms with Crippen molar-refractivity contribution in [2.24, 2.45) is 5.92 Å². The van der Waals surface area contributed by atoms with E-state index in [0.717, 1.165) is 12.2 Å². The first-order chi connectivity index (χ1) is 7.95. The third-order valence-electron chi connectivity index (χ3n) is 2.43. The smallest absolute Gasteiger partial charge is 0.167 e. The highest BCUT2D eigenvalue weighted by molar-refractivity contribution is 5.69. The van der Waals surface area contributed by atoms with Crippen molar-refractivity contribution in [3.63, 3.8) is 0 Å². The number of nitrogens with two attached hydrogens (primary N) is 1. The largest absolute Gasteiger partial charge is 0.491 e. The molecule has 0 bridgehead atoms. The van der Waals surface area contributed by atoms with Gasteiger partial charge in [-0.2, -0.15) is 0 Å². The van der Waals surface area contributed by atoms with Crippen molar-refractivity contribution in [2.75, 3.05) is 30.8 Å². The zero-order valence-electron chi connectivity index (χ0n) is 11.0. The molecule has 0 aliphatic carbocycles. The van der Waals surface area contributed by atoms with Crippen molar-refractivity contribution in [3.05, 3.63) is 17.9 Å². The Morgan fingerprint density at radius 1 is 1.41 bits per heavy atom. The first-order valence-corrected chi connectivity index (χ1v) is 5.88. The van der Waals surface area contributed by atoms with E-state index < -0.39 is 5.82 Å². The molecule has 0 fully saturated rings. The molecule has 0 aliphatic rings. The van der Waals surface area contributed by atoms with Gasteiger partial charge in [0, 0.05) is 25.7 Å². The number of benzene rings is 1. The molecule has 1 rings (SSSR count). The van der Waals surface area contributed by atoms with Gasteiger partial charge < -0.3 is 15.4 Å². The summed E-state index contributed by atoms with van der Waals surface area (Å²) in [6, 6.07) is 2.98. The first kappa shape index (κ1) is 13.6. The summed E-state index contributed by atoms with van der Waals surface area (Å²) in [6.07, 6.45) is 0. The van der Waals surface area contributed by atoms with E-state index in [2.05, 4.69) is 13.8 Å². The number of halogens is 1. The van der Waals surface area contributed by atoms with Crippen molar-refractivity contribution in [3.8, 4) is 5.75 Å². The lowest BCUT2D eigenvalue weighted by atomic mass is 10.1. The SMILES string of the molecule is CCOc1cc(N(C)CC(C)C)c(N)cc1F. The maximum absolute atomic E-state index is 13.5. The molecule has 17 heavy (non-hydrogen) atoms. The highest BCUT2D eigenvalue weighted by Gasteiger charge is 2.12. The maximum atomic E-state index is 13.5. The summed E-state index contributed by atoms with van der Waals surface area (Å²) in [7, 11) is 1.94. The normalized spacial score (nSPS) is 10.7. The Balaban J connectivity index is 3.02. The molecule has 1 aromatic rings. The predicted molar refractivity (Wildman–Crippen MR) is 70.1 cm³/mol. The molecule has 96 valence electrons. The highest BCUT2D eigenvalue weighted by Crippen LogP contribution is 2.30. The van der Waals surface area contributed by atoms with Crippen molar-refractivity contribution in [1.82, 2.24) is 0 Å². The summed E-state index contributed by atoms with van der Waals surface area (Å²) < 4.78 is 18.8. The molecule has 0 heterocycles. The quantitative estimate of drug-likeness (QED) is 0.804. The number of hydrogen-bond acceptors (Lipinski definition) is 3. The standard InChI is InChI=1S/C13H21FN2O/c1-5-17-13-7-12(11(15)6-10(13)14)16(4)8-9(2)3/h6-7,9H,5,8,15H2,1-4H3. The van der Waals surface area contributed by atoms with Gasteiger partial charge in [0.2, 0.25) is 0 Å². The minimum atomic E-state index is -0.411. The van der Waals surface area contributed by atoms with Gasteiger partial charge >= 0.3 is 0 Å². The molecular formula is C13H21FN2O. The molecule has 0 amide bonds. The molecule has 0 spiro atoms. The average molecular weight is 240 g/mol. The van der Waals surface area contributed by atoms with Crippen LogP contribution in [0.4, 0.5) is 15.8 Å². The van der Waals surface area contributed by atoms with E-state index in [9.17, 15) is 4.39 Å². The summed E-state index contributed by atoms with van der Waals surface area (Å²) >= 11 is 0. The second kappa shape index (κ2) is 5.75. The lowest BCUT2D eigenvalue weighted by Crippen LogP contribution is -2.23. The van der Waals surface area contributed by atoms with Crippen LogP contribution < -0.4 is 15.4 Å². The van der Waals surface area contributed by atoms with Crippen molar-refractivity contribution in [1.29, 1.82) is 0 Å². The van der Waals surface area contributed by atoms with Crippen molar-refractivity contribution in [2.45, 2.75) is 20.8 Å². The van der Waals surface area contributed by atoms with Crippen LogP contribution in [-0.4, -0.2) is 20.2 Å². The number of hydrogen-bond donors (Lipinski definition) is 1. The van der Waals surface area contributed by atoms with Crippen LogP contribution in [0.15, 0.2) is 12.1 Å². The number of anilines is 2. The summed E-state index contributed by atoms with van der Waals surface area (Å²) in [5, 5.41) is 0. The number of nitrogens with zero attached hydrogens (tertiary/aromatic N) is 1. The fraction of sp³-hybridized carbons (Fsp3) is 0.538. The van der Waals surface area contributed by atoms with E-state index in [1.807, 2.05) is 18.9 Å². The third kappa shape index (κ3) is 3.51. The van der Waals surface area contributed by atoms with Gasteiger partial charge in [-0.3, -0.25) is 0 Å². The van der Waals surface area contributed by atoms with Crippen molar-refractivity contribution >= 4 is 11.4 Å². The van der Waals surface area contributed by atoms with Crippen LogP contribution in [0.5, 0.6) is 5.75 Å². The molecule has 3 nitrogen and oxygen atoms in total. The fourth-order valence-corrected chi connectivity index (χ4v) is 1.80. The second-order valence-electron chi connectivity index (χ2n) is 4.55. The Hall–Kier alpha value is -1.45. The molecular weight excluding hydrogens is 219 g/mol. The average Bonchev–Trinajstić information content (AvgIpc) is 2.21. The van der Waals surface area contributed by atoms with Gasteiger partial charge in [0.25, 0.3) is 0 Å². The van der Waals surface area contributed by atoms with Crippen LogP contribution >= 0.6 is 0 Å². The number of rotatable bonds is 5. The summed E-state index contributed by atoms with van der Waals surface area (Å²) in [6.45, 7) is 7.38. The first-order valence-electron chi connectivity index (χ1n) is 5.88. The van der Waals surface area contributed by atoms with Gasteiger partial charge in [-0.05, 0) is 12.8 Å². The number of nitrogen functional groups attached to an aromatic ring is 1. The van der Waals surface area contributed by atoms with Crippen LogP contribution in [0.25, 0.3) is 0 Å². The molecule has 1 aromatic carbocycles. The third-order valence-corrected chi connectivity index (χ3v) is 2.43. The minimum absolute atomic E-state index is 0.257. The molecule has 0 radical (unpaired) electrons. The predicted octanol–water partition coefficient (Wildman–Crippen LogP) is 2.90. The minimum Gasteiger partial charge on any atom is -0.491 e. The van der Waals surface area contributed by atoms with Crippen molar-refractivity contribution < 1.29 is 9.13 Å². The monoisotopic (exact) mass is 240 g/mol. The Morgan fingerprint density at radius 2 is 2.06 bits per heavy atom. The van der Waals surface area contributed by atoms with Crippen LogP contribution in [-0.2, 0) is 0 Å². The molecule has 4 heteroatoms. The zero-order chi connectivity index (χ0) is 13.0. The zero-order valence-corrected chi connectivity index (χ0v) is 11.0. The summed E-state index contributed by atoms with van der Waals surface area (Å²) in [5.41, 5.74) is 7.07. The van der Waals surface area contributed by atoms with E-state index >= 15 is 0 Å². The second-order valence-corrected chi connectivity index (χ2v) is 4.55. The Morgan fingerprint density at radius 3 is 2.59 bits per heavy atom. The molecule has 2 N–H and O–H groups in total. The maximum Gasteiger partial charge on any atom is 0.167 e. The van der Waals surface area contributed by atoms with E-state index in [0.29, 0.717) is 18.2 Å². The van der Waals surface area contributed by atoms with Gasteiger partial charge in [-0.1, -0.05) is 13.8 Å². The molecule has 0 saturated heterocycles. The summed E-state index contributed by atoms with van der Waals surface area (Å²) in [4.78, 5) is 2.02. The van der Waals surface area contributed by atoms with E-state index in [4.69, 9.17) is 10.5 Å². The van der Waals surface area contributed by atoms with Gasteiger partial charge in [0.1, 0.15) is 0 Å². The molecule has 0 unspecified atom stereocenters. The molecule has 0 aromatic heterocycles. The van der Waals surface area contributed by atoms with E-state index in [1.54, 1.807) is 6.07 Å². The van der Waals surface area contributed by atoms with Crippen LogP contribution in [0, 0.1) is 11.7 Å². The molecule has 0 aliphatic heterocycles. The van der Waals surface area contributed by atoms with Crippen LogP contribution in [0.3, 0.4) is 0 Å². The van der Waals surface area contributed by atoms with Gasteiger partial charge in [-0.25, -0.2) is 4.39 Å². The number of ether oxygens (including phenoxy) is 1. The fourth-order valence-electron chi connectivity index (χ4n) is 1.80. The molecule has 0 saturated carbocycles. The molecule has 0 atom stereocenters. The Bertz CT molecular complexity index is 380. The van der Waals surface area contributed by atoms with Gasteiger partial charge in [0.15, 0.2) is 11.6 Å². The van der Waals surface area contributed by atoms with Gasteiger partial charge in [-0.15, -0.1) is 0 Å². The highest BCUT2D eigenvalue weighted by atomic mass is 19.1. The van der Waals surface area contributed by atoms with Crippen LogP contribution in [0.2, 0.25) is 0 Å². The summed E-state index contributed by atoms with van der Waals surface area (Å²) in [5.74, 6) is 0.360. The lowest BCUT2D eigenvalue weighted by molar-refractivity contribution is 0.321. The lowest BCUT2D eigenvalue weighted by Gasteiger charge is -2.23. The van der Waals surface area contributed by atoms with Gasteiger partial charge in [0.05, 0.1) is 18.0 Å². The van der Waals surface area contributed by atoms with E-state index in [-0.39, 0.29) is 5.75 Å².